The predicted molar refractivity (Wildman–Crippen MR) is 109 cm³/mol. The van der Waals surface area contributed by atoms with Crippen LogP contribution in [0.4, 0.5) is 0 Å². The maximum Gasteiger partial charge on any atom is 0.244 e. The molecule has 0 aliphatic heterocycles. The third-order valence-electron chi connectivity index (χ3n) is 4.65. The number of fused-ring (bicyclic) bond motifs is 1. The van der Waals surface area contributed by atoms with Gasteiger partial charge >= 0.3 is 0 Å². The van der Waals surface area contributed by atoms with Gasteiger partial charge in [-0.15, -0.1) is 0 Å². The first-order valence-electron chi connectivity index (χ1n) is 9.14. The number of aryl methyl sites for hydroxylation is 2. The smallest absolute Gasteiger partial charge is 0.244 e. The minimum Gasteiger partial charge on any atom is -0.496 e. The summed E-state index contributed by atoms with van der Waals surface area (Å²) >= 11 is 0. The van der Waals surface area contributed by atoms with Gasteiger partial charge in [-0.25, -0.2) is 0 Å². The van der Waals surface area contributed by atoms with Crippen molar-refractivity contribution >= 4 is 22.4 Å². The molecular weight excluding hydrogens is 338 g/mol. The number of furan rings is 1. The molecule has 2 aromatic carbocycles. The quantitative estimate of drug-likeness (QED) is 0.480. The van der Waals surface area contributed by atoms with Crippen LogP contribution >= 0.6 is 0 Å². The highest BCUT2D eigenvalue weighted by Gasteiger charge is 2.12. The van der Waals surface area contributed by atoms with Gasteiger partial charge in [0.2, 0.25) is 5.91 Å². The van der Waals surface area contributed by atoms with E-state index in [0.717, 1.165) is 40.5 Å². The van der Waals surface area contributed by atoms with Gasteiger partial charge in [0.1, 0.15) is 11.3 Å². The molecule has 0 aliphatic rings. The summed E-state index contributed by atoms with van der Waals surface area (Å²) in [4.78, 5) is 12.3. The Morgan fingerprint density at radius 3 is 2.74 bits per heavy atom. The molecule has 3 aromatic rings. The zero-order chi connectivity index (χ0) is 19.2. The van der Waals surface area contributed by atoms with Crippen LogP contribution in [-0.4, -0.2) is 19.6 Å². The summed E-state index contributed by atoms with van der Waals surface area (Å²) in [5.74, 6) is 0.606. The van der Waals surface area contributed by atoms with E-state index in [-0.39, 0.29) is 5.91 Å². The summed E-state index contributed by atoms with van der Waals surface area (Å²) in [6.07, 6.45) is 5.22. The van der Waals surface area contributed by atoms with Crippen LogP contribution in [0.1, 0.15) is 30.0 Å². The average Bonchev–Trinajstić information content (AvgIpc) is 3.05. The van der Waals surface area contributed by atoms with Crippen molar-refractivity contribution in [2.75, 3.05) is 13.7 Å². The highest BCUT2D eigenvalue weighted by atomic mass is 16.5. The van der Waals surface area contributed by atoms with Crippen molar-refractivity contribution < 1.29 is 13.9 Å². The minimum atomic E-state index is -0.0911. The first-order chi connectivity index (χ1) is 13.1. The molecule has 140 valence electrons. The van der Waals surface area contributed by atoms with Gasteiger partial charge in [0.15, 0.2) is 0 Å². The number of carbonyl (C=O) groups excluding carboxylic acids is 1. The lowest BCUT2D eigenvalue weighted by Crippen LogP contribution is -2.22. The molecular formula is C23H25NO3. The summed E-state index contributed by atoms with van der Waals surface area (Å²) in [5.41, 5.74) is 4.88. The van der Waals surface area contributed by atoms with Gasteiger partial charge in [-0.1, -0.05) is 30.3 Å². The Kier molecular flexibility index (Phi) is 5.97. The first-order valence-corrected chi connectivity index (χ1v) is 9.14. The van der Waals surface area contributed by atoms with Gasteiger partial charge in [-0.3, -0.25) is 4.79 Å². The standard InChI is InChI=1S/C23H25NO3/c1-16(12-23(25)24-11-7-10-18-8-5-4-6-9-18)19-13-20-17(2)15-27-22(20)14-21(19)26-3/h4-6,8-9,12-15H,7,10-11H2,1-3H3,(H,24,25)/b16-12+. The molecule has 0 aliphatic carbocycles. The van der Waals surface area contributed by atoms with E-state index >= 15 is 0 Å². The highest BCUT2D eigenvalue weighted by molar-refractivity contribution is 5.97. The van der Waals surface area contributed by atoms with E-state index in [0.29, 0.717) is 12.3 Å². The Labute approximate surface area is 159 Å². The SMILES string of the molecule is COc1cc2occ(C)c2cc1/C(C)=C/C(=O)NCCCc1ccccc1. The lowest BCUT2D eigenvalue weighted by atomic mass is 10.0. The molecule has 0 saturated carbocycles. The van der Waals surface area contributed by atoms with Crippen LogP contribution in [-0.2, 0) is 11.2 Å². The number of benzene rings is 2. The van der Waals surface area contributed by atoms with E-state index < -0.39 is 0 Å². The highest BCUT2D eigenvalue weighted by Crippen LogP contribution is 2.33. The van der Waals surface area contributed by atoms with Crippen molar-refractivity contribution in [2.45, 2.75) is 26.7 Å². The predicted octanol–water partition coefficient (Wildman–Crippen LogP) is 4.90. The molecule has 1 amide bonds. The van der Waals surface area contributed by atoms with Crippen LogP contribution in [0.15, 0.2) is 59.2 Å². The molecule has 4 nitrogen and oxygen atoms in total. The van der Waals surface area contributed by atoms with Crippen molar-refractivity contribution in [1.82, 2.24) is 5.32 Å². The number of hydrogen-bond acceptors (Lipinski definition) is 3. The molecule has 0 bridgehead atoms. The molecule has 3 rings (SSSR count). The van der Waals surface area contributed by atoms with Gasteiger partial charge in [0.05, 0.1) is 13.4 Å². The molecule has 1 N–H and O–H groups in total. The zero-order valence-electron chi connectivity index (χ0n) is 16.0. The van der Waals surface area contributed by atoms with E-state index in [2.05, 4.69) is 17.4 Å². The number of allylic oxidation sites excluding steroid dienone is 1. The first kappa shape index (κ1) is 18.8. The number of amides is 1. The average molecular weight is 363 g/mol. The number of carbonyl (C=O) groups is 1. The topological polar surface area (TPSA) is 51.5 Å². The van der Waals surface area contributed by atoms with Gasteiger partial charge in [0.25, 0.3) is 0 Å². The van der Waals surface area contributed by atoms with E-state index in [9.17, 15) is 4.79 Å². The number of hydrogen-bond donors (Lipinski definition) is 1. The van der Waals surface area contributed by atoms with Crippen molar-refractivity contribution in [2.24, 2.45) is 0 Å². The van der Waals surface area contributed by atoms with Crippen molar-refractivity contribution in [1.29, 1.82) is 0 Å². The largest absolute Gasteiger partial charge is 0.496 e. The summed E-state index contributed by atoms with van der Waals surface area (Å²) in [6, 6.07) is 14.2. The van der Waals surface area contributed by atoms with Crippen LogP contribution in [0.25, 0.3) is 16.5 Å². The van der Waals surface area contributed by atoms with Gasteiger partial charge in [-0.2, -0.15) is 0 Å². The molecule has 4 heteroatoms. The van der Waals surface area contributed by atoms with E-state index in [1.807, 2.05) is 44.2 Å². The second-order valence-electron chi connectivity index (χ2n) is 6.67. The van der Waals surface area contributed by atoms with E-state index in [1.54, 1.807) is 19.4 Å². The third kappa shape index (κ3) is 4.59. The van der Waals surface area contributed by atoms with Crippen molar-refractivity contribution in [3.8, 4) is 5.75 Å². The fourth-order valence-corrected chi connectivity index (χ4v) is 3.13. The molecule has 1 aromatic heterocycles. The summed E-state index contributed by atoms with van der Waals surface area (Å²) in [5, 5.41) is 3.99. The fourth-order valence-electron chi connectivity index (χ4n) is 3.13. The number of nitrogens with one attached hydrogen (secondary N) is 1. The normalized spacial score (nSPS) is 11.6. The Hall–Kier alpha value is -3.01. The second-order valence-corrected chi connectivity index (χ2v) is 6.67. The number of ether oxygens (including phenoxy) is 1. The van der Waals surface area contributed by atoms with Crippen LogP contribution in [0.3, 0.4) is 0 Å². The Bertz CT molecular complexity index is 954. The molecule has 0 saturated heterocycles. The number of methoxy groups -OCH3 is 1. The van der Waals surface area contributed by atoms with Crippen molar-refractivity contribution in [3.05, 3.63) is 71.5 Å². The molecule has 0 radical (unpaired) electrons. The Morgan fingerprint density at radius 2 is 2.00 bits per heavy atom. The number of rotatable bonds is 7. The fraction of sp³-hybridized carbons (Fsp3) is 0.261. The Morgan fingerprint density at radius 1 is 1.22 bits per heavy atom. The summed E-state index contributed by atoms with van der Waals surface area (Å²) in [6.45, 7) is 4.57. The molecule has 0 unspecified atom stereocenters. The lowest BCUT2D eigenvalue weighted by Gasteiger charge is -2.10. The van der Waals surface area contributed by atoms with Gasteiger partial charge in [-0.05, 0) is 49.5 Å². The zero-order valence-corrected chi connectivity index (χ0v) is 16.0. The molecule has 1 heterocycles. The summed E-state index contributed by atoms with van der Waals surface area (Å²) in [7, 11) is 1.62. The van der Waals surface area contributed by atoms with Crippen molar-refractivity contribution in [3.63, 3.8) is 0 Å². The maximum atomic E-state index is 12.3. The Balaban J connectivity index is 1.64. The van der Waals surface area contributed by atoms with Crippen LogP contribution in [0.2, 0.25) is 0 Å². The lowest BCUT2D eigenvalue weighted by molar-refractivity contribution is -0.116. The maximum absolute atomic E-state index is 12.3. The molecule has 0 fully saturated rings. The third-order valence-corrected chi connectivity index (χ3v) is 4.65. The van der Waals surface area contributed by atoms with Gasteiger partial charge < -0.3 is 14.5 Å². The van der Waals surface area contributed by atoms with Crippen LogP contribution in [0, 0.1) is 6.92 Å². The minimum absolute atomic E-state index is 0.0911. The van der Waals surface area contributed by atoms with Gasteiger partial charge in [0, 0.05) is 29.6 Å². The molecule has 27 heavy (non-hydrogen) atoms. The summed E-state index contributed by atoms with van der Waals surface area (Å²) < 4.78 is 11.0. The van der Waals surface area contributed by atoms with Crippen LogP contribution < -0.4 is 10.1 Å². The second kappa shape index (κ2) is 8.58. The monoisotopic (exact) mass is 363 g/mol. The molecule has 0 atom stereocenters. The molecule has 0 spiro atoms. The van der Waals surface area contributed by atoms with E-state index in [1.165, 1.54) is 5.56 Å². The van der Waals surface area contributed by atoms with Crippen LogP contribution in [0.5, 0.6) is 5.75 Å². The van der Waals surface area contributed by atoms with E-state index in [4.69, 9.17) is 9.15 Å².